The number of nitrogens with one attached hydrogen (secondary N) is 3. The van der Waals surface area contributed by atoms with Crippen LogP contribution in [-0.2, 0) is 22.7 Å². The molecule has 2 atom stereocenters. The first-order chi connectivity index (χ1) is 14.1. The van der Waals surface area contributed by atoms with E-state index in [1.807, 2.05) is 12.1 Å². The molecule has 4 aliphatic rings. The average molecular weight is 396 g/mol. The van der Waals surface area contributed by atoms with Gasteiger partial charge in [0.2, 0.25) is 11.8 Å². The quantitative estimate of drug-likeness (QED) is 0.663. The zero-order chi connectivity index (χ0) is 20.0. The van der Waals surface area contributed by atoms with Crippen molar-refractivity contribution in [1.29, 1.82) is 0 Å². The van der Waals surface area contributed by atoms with Crippen LogP contribution in [0.3, 0.4) is 0 Å². The molecule has 3 amide bonds. The number of carbonyl (C=O) groups is 3. The van der Waals surface area contributed by atoms with Crippen molar-refractivity contribution in [3.05, 3.63) is 34.9 Å². The molecule has 3 aliphatic heterocycles. The highest BCUT2D eigenvalue weighted by Crippen LogP contribution is 2.47. The van der Waals surface area contributed by atoms with Gasteiger partial charge in [-0.2, -0.15) is 0 Å². The molecule has 0 aromatic heterocycles. The summed E-state index contributed by atoms with van der Waals surface area (Å²) in [7, 11) is 0. The summed E-state index contributed by atoms with van der Waals surface area (Å²) in [4.78, 5) is 38.3. The van der Waals surface area contributed by atoms with Gasteiger partial charge in [0.05, 0.1) is 0 Å². The summed E-state index contributed by atoms with van der Waals surface area (Å²) < 4.78 is 0. The predicted molar refractivity (Wildman–Crippen MR) is 107 cm³/mol. The van der Waals surface area contributed by atoms with E-state index in [2.05, 4.69) is 22.0 Å². The van der Waals surface area contributed by atoms with Gasteiger partial charge in [-0.25, -0.2) is 0 Å². The highest BCUT2D eigenvalue weighted by molar-refractivity contribution is 6.05. The maximum Gasteiger partial charge on any atom is 0.255 e. The second-order valence-electron chi connectivity index (χ2n) is 8.95. The second-order valence-corrected chi connectivity index (χ2v) is 8.95. The third-order valence-electron chi connectivity index (χ3n) is 7.45. The lowest BCUT2D eigenvalue weighted by molar-refractivity contribution is -0.136. The van der Waals surface area contributed by atoms with Crippen LogP contribution in [0.25, 0.3) is 0 Å². The SMILES string of the molecule is O=C1CCC(N2Cc3c(CNC4CNCCC45CCC5)cccc3C2=O)C(=O)N1. The topological polar surface area (TPSA) is 90.5 Å². The van der Waals surface area contributed by atoms with E-state index in [0.29, 0.717) is 30.0 Å². The highest BCUT2D eigenvalue weighted by Gasteiger charge is 2.45. The zero-order valence-electron chi connectivity index (χ0n) is 16.6. The van der Waals surface area contributed by atoms with E-state index in [1.54, 1.807) is 4.90 Å². The number of hydrogen-bond donors (Lipinski definition) is 3. The Morgan fingerprint density at radius 3 is 2.79 bits per heavy atom. The van der Waals surface area contributed by atoms with Crippen molar-refractivity contribution in [2.75, 3.05) is 13.1 Å². The van der Waals surface area contributed by atoms with Crippen LogP contribution in [0.1, 0.15) is 60.0 Å². The lowest BCUT2D eigenvalue weighted by Crippen LogP contribution is -2.58. The average Bonchev–Trinajstić information content (AvgIpc) is 3.02. The Balaban J connectivity index is 1.32. The monoisotopic (exact) mass is 396 g/mol. The molecule has 7 nitrogen and oxygen atoms in total. The number of amides is 3. The van der Waals surface area contributed by atoms with Crippen molar-refractivity contribution in [3.8, 4) is 0 Å². The van der Waals surface area contributed by atoms with Gasteiger partial charge in [-0.15, -0.1) is 0 Å². The van der Waals surface area contributed by atoms with Crippen molar-refractivity contribution in [1.82, 2.24) is 20.9 Å². The molecule has 2 unspecified atom stereocenters. The molecule has 5 rings (SSSR count). The summed E-state index contributed by atoms with van der Waals surface area (Å²) in [5.74, 6) is -0.722. The van der Waals surface area contributed by atoms with Crippen molar-refractivity contribution in [2.45, 2.75) is 63.7 Å². The van der Waals surface area contributed by atoms with E-state index in [9.17, 15) is 14.4 Å². The molecule has 0 radical (unpaired) electrons. The Morgan fingerprint density at radius 1 is 1.17 bits per heavy atom. The molecular formula is C22H28N4O3. The molecule has 29 heavy (non-hydrogen) atoms. The number of fused-ring (bicyclic) bond motifs is 1. The van der Waals surface area contributed by atoms with Gasteiger partial charge in [0.15, 0.2) is 0 Å². The fourth-order valence-electron chi connectivity index (χ4n) is 5.54. The third kappa shape index (κ3) is 3.16. The Kier molecular flexibility index (Phi) is 4.67. The van der Waals surface area contributed by atoms with Gasteiger partial charge in [-0.3, -0.25) is 19.7 Å². The standard InChI is InChI=1S/C22H28N4O3/c27-19-6-5-17(20(28)25-19)26-13-16-14(3-1-4-15(16)21(26)29)11-24-18-12-23-10-9-22(18)7-2-8-22/h1,3-4,17-18,23-24H,2,5-13H2,(H,25,27,28). The molecule has 1 spiro atoms. The molecule has 154 valence electrons. The summed E-state index contributed by atoms with van der Waals surface area (Å²) in [6.45, 7) is 3.27. The number of nitrogens with zero attached hydrogens (tertiary/aromatic N) is 1. The number of benzene rings is 1. The lowest BCUT2D eigenvalue weighted by atomic mass is 9.61. The fraction of sp³-hybridized carbons (Fsp3) is 0.591. The first-order valence-electron chi connectivity index (χ1n) is 10.8. The molecule has 3 fully saturated rings. The molecule has 0 bridgehead atoms. The molecule has 3 heterocycles. The Morgan fingerprint density at radius 2 is 2.03 bits per heavy atom. The van der Waals surface area contributed by atoms with E-state index in [0.717, 1.165) is 30.8 Å². The maximum absolute atomic E-state index is 13.0. The molecule has 1 aromatic carbocycles. The highest BCUT2D eigenvalue weighted by atomic mass is 16.2. The van der Waals surface area contributed by atoms with Crippen molar-refractivity contribution in [3.63, 3.8) is 0 Å². The van der Waals surface area contributed by atoms with E-state index < -0.39 is 6.04 Å². The third-order valence-corrected chi connectivity index (χ3v) is 7.45. The number of piperidine rings is 2. The lowest BCUT2D eigenvalue weighted by Gasteiger charge is -2.51. The normalized spacial score (nSPS) is 28.3. The van der Waals surface area contributed by atoms with Gasteiger partial charge in [0.1, 0.15) is 6.04 Å². The molecule has 3 N–H and O–H groups in total. The zero-order valence-corrected chi connectivity index (χ0v) is 16.6. The Hall–Kier alpha value is -2.25. The van der Waals surface area contributed by atoms with Crippen molar-refractivity contribution >= 4 is 17.7 Å². The van der Waals surface area contributed by atoms with Crippen LogP contribution in [0.2, 0.25) is 0 Å². The molecule has 1 saturated carbocycles. The van der Waals surface area contributed by atoms with E-state index in [1.165, 1.54) is 25.7 Å². The Labute approximate surface area is 170 Å². The number of hydrogen-bond acceptors (Lipinski definition) is 5. The second kappa shape index (κ2) is 7.22. The first-order valence-corrected chi connectivity index (χ1v) is 10.8. The van der Waals surface area contributed by atoms with Crippen LogP contribution in [-0.4, -0.2) is 47.8 Å². The van der Waals surface area contributed by atoms with Crippen LogP contribution >= 0.6 is 0 Å². The minimum atomic E-state index is -0.561. The van der Waals surface area contributed by atoms with Gasteiger partial charge in [0.25, 0.3) is 5.91 Å². The first kappa shape index (κ1) is 18.8. The number of rotatable bonds is 4. The number of imide groups is 1. The summed E-state index contributed by atoms with van der Waals surface area (Å²) in [5, 5.41) is 9.65. The van der Waals surface area contributed by atoms with Gasteiger partial charge in [-0.05, 0) is 54.8 Å². The van der Waals surface area contributed by atoms with Gasteiger partial charge >= 0.3 is 0 Å². The van der Waals surface area contributed by atoms with Crippen molar-refractivity contribution < 1.29 is 14.4 Å². The van der Waals surface area contributed by atoms with Crippen molar-refractivity contribution in [2.24, 2.45) is 5.41 Å². The smallest absolute Gasteiger partial charge is 0.255 e. The van der Waals surface area contributed by atoms with E-state index in [4.69, 9.17) is 0 Å². The minimum absolute atomic E-state index is 0.105. The Bertz CT molecular complexity index is 864. The largest absolute Gasteiger partial charge is 0.322 e. The predicted octanol–water partition coefficient (Wildman–Crippen LogP) is 1.07. The summed E-state index contributed by atoms with van der Waals surface area (Å²) in [6.07, 6.45) is 5.85. The van der Waals surface area contributed by atoms with Crippen LogP contribution in [0.4, 0.5) is 0 Å². The van der Waals surface area contributed by atoms with Crippen LogP contribution in [0.5, 0.6) is 0 Å². The van der Waals surface area contributed by atoms with E-state index >= 15 is 0 Å². The summed E-state index contributed by atoms with van der Waals surface area (Å²) in [5.41, 5.74) is 3.28. The molecule has 2 saturated heterocycles. The van der Waals surface area contributed by atoms with Crippen LogP contribution in [0.15, 0.2) is 18.2 Å². The summed E-state index contributed by atoms with van der Waals surface area (Å²) in [6, 6.07) is 5.76. The van der Waals surface area contributed by atoms with Gasteiger partial charge in [-0.1, -0.05) is 18.6 Å². The molecular weight excluding hydrogens is 368 g/mol. The summed E-state index contributed by atoms with van der Waals surface area (Å²) >= 11 is 0. The molecule has 1 aromatic rings. The van der Waals surface area contributed by atoms with Gasteiger partial charge < -0.3 is 15.5 Å². The fourth-order valence-corrected chi connectivity index (χ4v) is 5.54. The minimum Gasteiger partial charge on any atom is -0.322 e. The maximum atomic E-state index is 13.0. The van der Waals surface area contributed by atoms with Crippen LogP contribution in [0, 0.1) is 5.41 Å². The molecule has 1 aliphatic carbocycles. The molecule has 7 heteroatoms. The van der Waals surface area contributed by atoms with Crippen LogP contribution < -0.4 is 16.0 Å². The van der Waals surface area contributed by atoms with Gasteiger partial charge in [0, 0.05) is 37.7 Å². The van der Waals surface area contributed by atoms with E-state index in [-0.39, 0.29) is 24.1 Å². The number of carbonyl (C=O) groups excluding carboxylic acids is 3.